The molecule has 0 spiro atoms. The number of ether oxygens (including phenoxy) is 1. The SMILES string of the molecule is Cc1cn2nc([C@@H]3CCCCN3C(=O)c3cc(Cl)ccc3NS(C)(=O)=O)cc2nc1N1CCN[C@@H](COCc2ccccc2)C1. The zero-order valence-corrected chi connectivity index (χ0v) is 27.0. The highest BCUT2D eigenvalue weighted by molar-refractivity contribution is 7.92. The fourth-order valence-corrected chi connectivity index (χ4v) is 6.89. The number of piperidine rings is 1. The lowest BCUT2D eigenvalue weighted by atomic mass is 9.98. The molecule has 0 radical (unpaired) electrons. The van der Waals surface area contributed by atoms with E-state index in [-0.39, 0.29) is 29.2 Å². The third-order valence-electron chi connectivity index (χ3n) is 8.22. The minimum Gasteiger partial charge on any atom is -0.375 e. The second kappa shape index (κ2) is 13.3. The summed E-state index contributed by atoms with van der Waals surface area (Å²) >= 11 is 6.24. The topological polar surface area (TPSA) is 121 Å². The summed E-state index contributed by atoms with van der Waals surface area (Å²) < 4.78 is 34.3. The number of amides is 1. The molecular weight excluding hydrogens is 614 g/mol. The number of likely N-dealkylation sites (tertiary alicyclic amines) is 1. The number of piperazine rings is 1. The van der Waals surface area contributed by atoms with Crippen LogP contribution in [0.1, 0.15) is 52.5 Å². The van der Waals surface area contributed by atoms with E-state index in [1.807, 2.05) is 37.4 Å². The molecule has 2 aromatic carbocycles. The second-order valence-corrected chi connectivity index (χ2v) is 14.0. The Balaban J connectivity index is 1.21. The molecule has 6 rings (SSSR count). The van der Waals surface area contributed by atoms with Crippen LogP contribution in [-0.4, -0.2) is 78.9 Å². The van der Waals surface area contributed by atoms with Crippen LogP contribution in [0.2, 0.25) is 5.02 Å². The van der Waals surface area contributed by atoms with E-state index >= 15 is 0 Å². The molecule has 0 saturated carbocycles. The van der Waals surface area contributed by atoms with Crippen LogP contribution < -0.4 is 14.9 Å². The Morgan fingerprint density at radius 2 is 1.96 bits per heavy atom. The van der Waals surface area contributed by atoms with E-state index in [1.54, 1.807) is 15.5 Å². The molecule has 11 nitrogen and oxygen atoms in total. The van der Waals surface area contributed by atoms with Gasteiger partial charge in [-0.3, -0.25) is 9.52 Å². The number of benzene rings is 2. The van der Waals surface area contributed by atoms with Gasteiger partial charge in [0, 0.05) is 55.1 Å². The minimum atomic E-state index is -3.60. The van der Waals surface area contributed by atoms with Gasteiger partial charge in [-0.15, -0.1) is 0 Å². The molecule has 1 amide bonds. The average molecular weight is 652 g/mol. The number of halogens is 1. The predicted molar refractivity (Wildman–Crippen MR) is 175 cm³/mol. The van der Waals surface area contributed by atoms with Gasteiger partial charge in [0.1, 0.15) is 5.82 Å². The van der Waals surface area contributed by atoms with Gasteiger partial charge in [-0.1, -0.05) is 41.9 Å². The van der Waals surface area contributed by atoms with Crippen LogP contribution in [0.5, 0.6) is 0 Å². The van der Waals surface area contributed by atoms with Gasteiger partial charge in [-0.05, 0) is 49.9 Å². The number of rotatable bonds is 9. The van der Waals surface area contributed by atoms with E-state index in [4.69, 9.17) is 26.4 Å². The summed E-state index contributed by atoms with van der Waals surface area (Å²) in [5.41, 5.74) is 4.03. The Morgan fingerprint density at radius 1 is 1.13 bits per heavy atom. The second-order valence-electron chi connectivity index (χ2n) is 11.8. The van der Waals surface area contributed by atoms with E-state index in [9.17, 15) is 13.2 Å². The van der Waals surface area contributed by atoms with Gasteiger partial charge < -0.3 is 19.9 Å². The molecular formula is C32H38ClN7O4S. The molecule has 2 N–H and O–H groups in total. The Kier molecular flexibility index (Phi) is 9.27. The largest absolute Gasteiger partial charge is 0.375 e. The summed E-state index contributed by atoms with van der Waals surface area (Å²) in [5.74, 6) is 0.618. The summed E-state index contributed by atoms with van der Waals surface area (Å²) in [6.45, 7) is 6.17. The molecule has 0 bridgehead atoms. The third-order valence-corrected chi connectivity index (χ3v) is 9.05. The summed E-state index contributed by atoms with van der Waals surface area (Å²) in [6, 6.07) is 16.6. The number of fused-ring (bicyclic) bond motifs is 1. The molecule has 2 fully saturated rings. The molecule has 13 heteroatoms. The molecule has 2 aliphatic rings. The maximum Gasteiger partial charge on any atom is 0.256 e. The number of sulfonamides is 1. The van der Waals surface area contributed by atoms with Gasteiger partial charge in [0.05, 0.1) is 42.5 Å². The quantitative estimate of drug-likeness (QED) is 0.273. The monoisotopic (exact) mass is 651 g/mol. The van der Waals surface area contributed by atoms with Crippen LogP contribution in [0.3, 0.4) is 0 Å². The summed E-state index contributed by atoms with van der Waals surface area (Å²) in [7, 11) is -3.60. The first-order valence-electron chi connectivity index (χ1n) is 15.2. The minimum absolute atomic E-state index is 0.177. The first-order valence-corrected chi connectivity index (χ1v) is 17.5. The number of carbonyl (C=O) groups is 1. The van der Waals surface area contributed by atoms with Crippen molar-refractivity contribution in [3.05, 3.63) is 88.2 Å². The Labute approximate surface area is 268 Å². The van der Waals surface area contributed by atoms with E-state index in [2.05, 4.69) is 27.1 Å². The zero-order chi connectivity index (χ0) is 31.6. The number of nitrogens with zero attached hydrogens (tertiary/aromatic N) is 5. The van der Waals surface area contributed by atoms with E-state index in [0.717, 1.165) is 67.8 Å². The molecule has 2 atom stereocenters. The predicted octanol–water partition coefficient (Wildman–Crippen LogP) is 4.43. The van der Waals surface area contributed by atoms with Crippen molar-refractivity contribution < 1.29 is 17.9 Å². The van der Waals surface area contributed by atoms with Crippen molar-refractivity contribution in [2.45, 2.75) is 44.9 Å². The molecule has 2 aromatic heterocycles. The number of carbonyl (C=O) groups excluding carboxylic acids is 1. The highest BCUT2D eigenvalue weighted by Crippen LogP contribution is 2.34. The van der Waals surface area contributed by atoms with Crippen molar-refractivity contribution in [3.8, 4) is 0 Å². The van der Waals surface area contributed by atoms with Gasteiger partial charge in [0.2, 0.25) is 10.0 Å². The Bertz CT molecular complexity index is 1780. The molecule has 45 heavy (non-hydrogen) atoms. The molecule has 2 aliphatic heterocycles. The third kappa shape index (κ3) is 7.41. The Morgan fingerprint density at radius 3 is 2.76 bits per heavy atom. The van der Waals surface area contributed by atoms with Gasteiger partial charge in [-0.25, -0.2) is 17.9 Å². The van der Waals surface area contributed by atoms with Gasteiger partial charge in [0.25, 0.3) is 5.91 Å². The number of nitrogens with one attached hydrogen (secondary N) is 2. The fraction of sp³-hybridized carbons (Fsp3) is 0.406. The maximum absolute atomic E-state index is 13.9. The maximum atomic E-state index is 13.9. The highest BCUT2D eigenvalue weighted by Gasteiger charge is 2.32. The van der Waals surface area contributed by atoms with Gasteiger partial charge in [0.15, 0.2) is 5.65 Å². The number of aromatic nitrogens is 3. The number of hydrogen-bond acceptors (Lipinski definition) is 8. The lowest BCUT2D eigenvalue weighted by Gasteiger charge is -2.35. The lowest BCUT2D eigenvalue weighted by molar-refractivity contribution is 0.0607. The van der Waals surface area contributed by atoms with Crippen LogP contribution in [-0.2, 0) is 21.4 Å². The first-order chi connectivity index (χ1) is 21.6. The summed E-state index contributed by atoms with van der Waals surface area (Å²) in [5, 5.41) is 8.78. The normalized spacial score (nSPS) is 19.2. The fourth-order valence-electron chi connectivity index (χ4n) is 6.14. The smallest absolute Gasteiger partial charge is 0.256 e. The molecule has 2 saturated heterocycles. The van der Waals surface area contributed by atoms with Crippen molar-refractivity contribution in [1.29, 1.82) is 0 Å². The van der Waals surface area contributed by atoms with Crippen molar-refractivity contribution in [3.63, 3.8) is 0 Å². The van der Waals surface area contributed by atoms with Crippen LogP contribution in [0.15, 0.2) is 60.8 Å². The standard InChI is InChI=1S/C32H38ClN7O4S/c1-22-18-40-30(35-31(22)38-15-13-34-25(19-38)21-44-20-23-8-4-3-5-9-23)17-28(36-40)29-10-6-7-14-39(29)32(41)26-16-24(33)11-12-27(26)37-45(2,42)43/h3-5,8-9,11-12,16-18,25,29,34,37H,6-7,10,13-15,19-21H2,1-2H3/t25-,29+/m1/s1. The molecule has 4 aromatic rings. The Hall–Kier alpha value is -3.71. The van der Waals surface area contributed by atoms with E-state index < -0.39 is 10.0 Å². The molecule has 238 valence electrons. The lowest BCUT2D eigenvalue weighted by Crippen LogP contribution is -2.53. The van der Waals surface area contributed by atoms with Crippen LogP contribution >= 0.6 is 11.6 Å². The number of aryl methyl sites for hydroxylation is 1. The van der Waals surface area contributed by atoms with Crippen molar-refractivity contribution >= 4 is 44.7 Å². The van der Waals surface area contributed by atoms with Crippen molar-refractivity contribution in [2.24, 2.45) is 0 Å². The summed E-state index contributed by atoms with van der Waals surface area (Å²) in [6.07, 6.45) is 5.56. The molecule has 4 heterocycles. The van der Waals surface area contributed by atoms with E-state index in [0.29, 0.717) is 30.4 Å². The van der Waals surface area contributed by atoms with Crippen molar-refractivity contribution in [1.82, 2.24) is 24.8 Å². The number of hydrogen-bond donors (Lipinski definition) is 2. The molecule has 0 unspecified atom stereocenters. The van der Waals surface area contributed by atoms with Crippen molar-refractivity contribution in [2.75, 3.05) is 48.7 Å². The van der Waals surface area contributed by atoms with Gasteiger partial charge in [-0.2, -0.15) is 5.10 Å². The average Bonchev–Trinajstić information content (AvgIpc) is 3.44. The summed E-state index contributed by atoms with van der Waals surface area (Å²) in [4.78, 5) is 23.0. The zero-order valence-electron chi connectivity index (χ0n) is 25.4. The van der Waals surface area contributed by atoms with Crippen LogP contribution in [0.25, 0.3) is 5.65 Å². The van der Waals surface area contributed by atoms with Crippen LogP contribution in [0, 0.1) is 6.92 Å². The number of anilines is 2. The van der Waals surface area contributed by atoms with E-state index in [1.165, 1.54) is 12.1 Å². The molecule has 0 aliphatic carbocycles. The van der Waals surface area contributed by atoms with Gasteiger partial charge >= 0.3 is 0 Å². The first kappa shape index (κ1) is 31.3. The highest BCUT2D eigenvalue weighted by atomic mass is 35.5. The van der Waals surface area contributed by atoms with Crippen LogP contribution in [0.4, 0.5) is 11.5 Å².